The first kappa shape index (κ1) is 16.3. The molecule has 25 heavy (non-hydrogen) atoms. The lowest BCUT2D eigenvalue weighted by atomic mass is 9.96. The van der Waals surface area contributed by atoms with E-state index < -0.39 is 0 Å². The van der Waals surface area contributed by atoms with Gasteiger partial charge in [-0.2, -0.15) is 0 Å². The van der Waals surface area contributed by atoms with Gasteiger partial charge < -0.3 is 9.47 Å². The summed E-state index contributed by atoms with van der Waals surface area (Å²) in [6.45, 7) is 4.72. The van der Waals surface area contributed by atoms with Crippen molar-refractivity contribution in [1.82, 2.24) is 19.4 Å². The highest BCUT2D eigenvalue weighted by molar-refractivity contribution is 5.92. The lowest BCUT2D eigenvalue weighted by Crippen LogP contribution is -2.40. The van der Waals surface area contributed by atoms with Gasteiger partial charge in [0.2, 0.25) is 0 Å². The fourth-order valence-corrected chi connectivity index (χ4v) is 4.12. The van der Waals surface area contributed by atoms with Gasteiger partial charge in [0.15, 0.2) is 0 Å². The molecular weight excluding hydrogens is 312 g/mol. The van der Waals surface area contributed by atoms with E-state index in [4.69, 9.17) is 4.98 Å². The third-order valence-corrected chi connectivity index (χ3v) is 5.50. The molecule has 1 atom stereocenters. The van der Waals surface area contributed by atoms with Crippen molar-refractivity contribution in [2.45, 2.75) is 57.9 Å². The molecule has 0 saturated carbocycles. The van der Waals surface area contributed by atoms with Crippen molar-refractivity contribution in [1.29, 1.82) is 0 Å². The number of piperidine rings is 1. The summed E-state index contributed by atoms with van der Waals surface area (Å²) in [4.78, 5) is 24.1. The van der Waals surface area contributed by atoms with Crippen LogP contribution in [-0.2, 0) is 19.4 Å². The van der Waals surface area contributed by atoms with Gasteiger partial charge in [0.25, 0.3) is 5.91 Å². The van der Waals surface area contributed by atoms with E-state index in [-0.39, 0.29) is 5.91 Å². The summed E-state index contributed by atoms with van der Waals surface area (Å²) < 4.78 is 2.40. The average molecular weight is 338 g/mol. The summed E-state index contributed by atoms with van der Waals surface area (Å²) in [5.41, 5.74) is 2.91. The Morgan fingerprint density at radius 2 is 2.16 bits per heavy atom. The molecule has 2 aliphatic heterocycles. The SMILES string of the molecule is CCc1cccc(C(=O)N2CCCC(c3ncc4n3CCCC4)C2)n1. The fourth-order valence-electron chi connectivity index (χ4n) is 4.12. The first-order chi connectivity index (χ1) is 12.3. The van der Waals surface area contributed by atoms with Gasteiger partial charge in [-0.15, -0.1) is 0 Å². The molecule has 4 heterocycles. The standard InChI is InChI=1S/C20H26N4O/c1-2-16-8-5-10-18(22-16)20(25)23-11-6-7-15(14-23)19-21-13-17-9-3-4-12-24(17)19/h5,8,10,13,15H,2-4,6-7,9,11-12,14H2,1H3. The number of hydrogen-bond donors (Lipinski definition) is 0. The first-order valence-electron chi connectivity index (χ1n) is 9.55. The quantitative estimate of drug-likeness (QED) is 0.863. The molecule has 5 heteroatoms. The molecular formula is C20H26N4O. The highest BCUT2D eigenvalue weighted by Gasteiger charge is 2.29. The molecule has 1 saturated heterocycles. The van der Waals surface area contributed by atoms with Crippen molar-refractivity contribution in [2.75, 3.05) is 13.1 Å². The molecule has 1 fully saturated rings. The van der Waals surface area contributed by atoms with Crippen molar-refractivity contribution in [3.05, 3.63) is 47.3 Å². The van der Waals surface area contributed by atoms with E-state index in [1.165, 1.54) is 24.4 Å². The highest BCUT2D eigenvalue weighted by Crippen LogP contribution is 2.29. The lowest BCUT2D eigenvalue weighted by Gasteiger charge is -2.33. The number of rotatable bonds is 3. The number of nitrogens with zero attached hydrogens (tertiary/aromatic N) is 4. The molecule has 132 valence electrons. The third-order valence-electron chi connectivity index (χ3n) is 5.50. The maximum atomic E-state index is 12.9. The number of hydrogen-bond acceptors (Lipinski definition) is 3. The van der Waals surface area contributed by atoms with E-state index in [0.29, 0.717) is 11.6 Å². The minimum Gasteiger partial charge on any atom is -0.337 e. The number of pyridine rings is 1. The summed E-state index contributed by atoms with van der Waals surface area (Å²) in [7, 11) is 0. The number of fused-ring (bicyclic) bond motifs is 1. The van der Waals surface area contributed by atoms with Crippen molar-refractivity contribution in [3.8, 4) is 0 Å². The number of carbonyl (C=O) groups excluding carboxylic acids is 1. The number of aryl methyl sites for hydroxylation is 2. The van der Waals surface area contributed by atoms with Crippen LogP contribution >= 0.6 is 0 Å². The van der Waals surface area contributed by atoms with Crippen LogP contribution < -0.4 is 0 Å². The Hall–Kier alpha value is -2.17. The molecule has 0 aromatic carbocycles. The number of aromatic nitrogens is 3. The van der Waals surface area contributed by atoms with Crippen molar-refractivity contribution in [3.63, 3.8) is 0 Å². The van der Waals surface area contributed by atoms with Crippen LogP contribution in [-0.4, -0.2) is 38.4 Å². The van der Waals surface area contributed by atoms with Gasteiger partial charge in [-0.3, -0.25) is 4.79 Å². The van der Waals surface area contributed by atoms with Crippen LogP contribution in [0.15, 0.2) is 24.4 Å². The minimum atomic E-state index is 0.0606. The van der Waals surface area contributed by atoms with Gasteiger partial charge in [-0.05, 0) is 50.7 Å². The summed E-state index contributed by atoms with van der Waals surface area (Å²) >= 11 is 0. The maximum Gasteiger partial charge on any atom is 0.272 e. The third kappa shape index (κ3) is 3.20. The number of carbonyl (C=O) groups is 1. The molecule has 0 N–H and O–H groups in total. The lowest BCUT2D eigenvalue weighted by molar-refractivity contribution is 0.0697. The van der Waals surface area contributed by atoms with Crippen molar-refractivity contribution in [2.24, 2.45) is 0 Å². The van der Waals surface area contributed by atoms with Gasteiger partial charge >= 0.3 is 0 Å². The minimum absolute atomic E-state index is 0.0606. The number of likely N-dealkylation sites (tertiary alicyclic amines) is 1. The second-order valence-electron chi connectivity index (χ2n) is 7.17. The van der Waals surface area contributed by atoms with Gasteiger partial charge in [-0.1, -0.05) is 13.0 Å². The Kier molecular flexibility index (Phi) is 4.55. The number of amides is 1. The van der Waals surface area contributed by atoms with Crippen LogP contribution in [0.2, 0.25) is 0 Å². The zero-order valence-corrected chi connectivity index (χ0v) is 14.9. The monoisotopic (exact) mass is 338 g/mol. The van der Waals surface area contributed by atoms with Crippen molar-refractivity contribution >= 4 is 5.91 Å². The summed E-state index contributed by atoms with van der Waals surface area (Å²) in [6, 6.07) is 5.75. The topological polar surface area (TPSA) is 51.0 Å². The molecule has 2 aliphatic rings. The molecule has 0 radical (unpaired) electrons. The normalized spacial score (nSPS) is 20.4. The Morgan fingerprint density at radius 1 is 1.24 bits per heavy atom. The predicted molar refractivity (Wildman–Crippen MR) is 96.7 cm³/mol. The Morgan fingerprint density at radius 3 is 3.04 bits per heavy atom. The van der Waals surface area contributed by atoms with E-state index in [1.807, 2.05) is 29.3 Å². The summed E-state index contributed by atoms with van der Waals surface area (Å²) in [5.74, 6) is 1.59. The van der Waals surface area contributed by atoms with Crippen LogP contribution in [0, 0.1) is 0 Å². The largest absolute Gasteiger partial charge is 0.337 e. The zero-order valence-electron chi connectivity index (χ0n) is 14.9. The molecule has 2 aromatic heterocycles. The average Bonchev–Trinajstić information content (AvgIpc) is 3.12. The van der Waals surface area contributed by atoms with E-state index in [1.54, 1.807) is 0 Å². The molecule has 1 amide bonds. The Bertz CT molecular complexity index is 767. The van der Waals surface area contributed by atoms with E-state index in [0.717, 1.165) is 51.0 Å². The van der Waals surface area contributed by atoms with Crippen LogP contribution in [0.3, 0.4) is 0 Å². The van der Waals surface area contributed by atoms with Gasteiger partial charge in [0, 0.05) is 43.1 Å². The van der Waals surface area contributed by atoms with E-state index >= 15 is 0 Å². The molecule has 2 aromatic rings. The highest BCUT2D eigenvalue weighted by atomic mass is 16.2. The molecule has 0 aliphatic carbocycles. The van der Waals surface area contributed by atoms with E-state index in [2.05, 4.69) is 16.5 Å². The molecule has 1 unspecified atom stereocenters. The predicted octanol–water partition coefficient (Wildman–Crippen LogP) is 3.20. The molecule has 0 bridgehead atoms. The Balaban J connectivity index is 1.53. The Labute approximate surface area is 149 Å². The second-order valence-corrected chi connectivity index (χ2v) is 7.17. The van der Waals surface area contributed by atoms with Crippen LogP contribution in [0.25, 0.3) is 0 Å². The van der Waals surface area contributed by atoms with Gasteiger partial charge in [-0.25, -0.2) is 9.97 Å². The zero-order chi connectivity index (χ0) is 17.2. The summed E-state index contributed by atoms with van der Waals surface area (Å²) in [6.07, 6.45) is 8.68. The first-order valence-corrected chi connectivity index (χ1v) is 9.55. The van der Waals surface area contributed by atoms with Crippen molar-refractivity contribution < 1.29 is 4.79 Å². The van der Waals surface area contributed by atoms with Crippen LogP contribution in [0.5, 0.6) is 0 Å². The molecule has 5 nitrogen and oxygen atoms in total. The summed E-state index contributed by atoms with van der Waals surface area (Å²) in [5, 5.41) is 0. The molecule has 0 spiro atoms. The van der Waals surface area contributed by atoms with E-state index in [9.17, 15) is 4.79 Å². The smallest absolute Gasteiger partial charge is 0.272 e. The maximum absolute atomic E-state index is 12.9. The van der Waals surface area contributed by atoms with Crippen LogP contribution in [0.1, 0.15) is 66.2 Å². The van der Waals surface area contributed by atoms with Gasteiger partial charge in [0.05, 0.1) is 0 Å². The van der Waals surface area contributed by atoms with Crippen LogP contribution in [0.4, 0.5) is 0 Å². The second kappa shape index (κ2) is 6.98. The number of imidazole rings is 1. The van der Waals surface area contributed by atoms with Gasteiger partial charge in [0.1, 0.15) is 11.5 Å². The molecule has 4 rings (SSSR count). The fraction of sp³-hybridized carbons (Fsp3) is 0.550.